The number of hydrogen-bond donors (Lipinski definition) is 0. The van der Waals surface area contributed by atoms with Gasteiger partial charge in [0.15, 0.2) is 0 Å². The van der Waals surface area contributed by atoms with Crippen molar-refractivity contribution in [3.8, 4) is 0 Å². The second-order valence-electron chi connectivity index (χ2n) is 8.41. The molecule has 0 bridgehead atoms. The molecule has 3 aliphatic heterocycles. The lowest BCUT2D eigenvalue weighted by Gasteiger charge is -2.35. The summed E-state index contributed by atoms with van der Waals surface area (Å²) in [6, 6.07) is 7.84. The van der Waals surface area contributed by atoms with Crippen LogP contribution in [0.25, 0.3) is 0 Å². The minimum absolute atomic E-state index is 0.0842. The summed E-state index contributed by atoms with van der Waals surface area (Å²) < 4.78 is 5.56. The van der Waals surface area contributed by atoms with Crippen molar-refractivity contribution < 1.29 is 9.53 Å². The second-order valence-corrected chi connectivity index (χ2v) is 8.41. The van der Waals surface area contributed by atoms with Gasteiger partial charge in [0.25, 0.3) is 5.91 Å². The fraction of sp³-hybridized carbons (Fsp3) is 0.522. The van der Waals surface area contributed by atoms with Crippen molar-refractivity contribution >= 4 is 17.7 Å². The summed E-state index contributed by atoms with van der Waals surface area (Å²) in [5.41, 5.74) is 4.06. The first-order valence-corrected chi connectivity index (χ1v) is 11.0. The third kappa shape index (κ3) is 3.74. The highest BCUT2D eigenvalue weighted by Gasteiger charge is 2.30. The molecule has 1 amide bonds. The fourth-order valence-corrected chi connectivity index (χ4v) is 4.61. The SMILES string of the molecule is Cc1cccc(C(=O)N2CCc3nc(N4CCCC4)nc(N4CCOCC4)c3C2)c1. The number of carbonyl (C=O) groups is 1. The number of amides is 1. The van der Waals surface area contributed by atoms with E-state index in [1.54, 1.807) is 0 Å². The molecule has 7 heteroatoms. The predicted octanol–water partition coefficient (Wildman–Crippen LogP) is 2.42. The zero-order chi connectivity index (χ0) is 20.5. The van der Waals surface area contributed by atoms with Gasteiger partial charge in [0.05, 0.1) is 25.5 Å². The van der Waals surface area contributed by atoms with E-state index in [9.17, 15) is 4.79 Å². The Morgan fingerprint density at radius 1 is 1.00 bits per heavy atom. The smallest absolute Gasteiger partial charge is 0.254 e. The Balaban J connectivity index is 1.48. The summed E-state index contributed by atoms with van der Waals surface area (Å²) in [7, 11) is 0. The van der Waals surface area contributed by atoms with Crippen molar-refractivity contribution in [2.75, 3.05) is 55.7 Å². The zero-order valence-electron chi connectivity index (χ0n) is 17.6. The number of morpholine rings is 1. The van der Waals surface area contributed by atoms with E-state index in [-0.39, 0.29) is 5.91 Å². The lowest BCUT2D eigenvalue weighted by molar-refractivity contribution is 0.0733. The number of nitrogens with zero attached hydrogens (tertiary/aromatic N) is 5. The number of anilines is 2. The van der Waals surface area contributed by atoms with Gasteiger partial charge in [-0.25, -0.2) is 4.98 Å². The largest absolute Gasteiger partial charge is 0.378 e. The van der Waals surface area contributed by atoms with Crippen molar-refractivity contribution in [1.29, 1.82) is 0 Å². The highest BCUT2D eigenvalue weighted by Crippen LogP contribution is 2.31. The molecule has 3 aliphatic rings. The van der Waals surface area contributed by atoms with Crippen molar-refractivity contribution in [3.63, 3.8) is 0 Å². The summed E-state index contributed by atoms with van der Waals surface area (Å²) in [6.07, 6.45) is 3.17. The number of benzene rings is 1. The van der Waals surface area contributed by atoms with Gasteiger partial charge in [-0.1, -0.05) is 17.7 Å². The van der Waals surface area contributed by atoms with E-state index in [4.69, 9.17) is 14.7 Å². The van der Waals surface area contributed by atoms with Crippen LogP contribution in [0, 0.1) is 6.92 Å². The third-order valence-corrected chi connectivity index (χ3v) is 6.28. The molecule has 30 heavy (non-hydrogen) atoms. The van der Waals surface area contributed by atoms with Crippen LogP contribution in [0.4, 0.5) is 11.8 Å². The van der Waals surface area contributed by atoms with Crippen LogP contribution in [0.5, 0.6) is 0 Å². The lowest BCUT2D eigenvalue weighted by Crippen LogP contribution is -2.41. The highest BCUT2D eigenvalue weighted by atomic mass is 16.5. The van der Waals surface area contributed by atoms with Gasteiger partial charge in [-0.3, -0.25) is 4.79 Å². The monoisotopic (exact) mass is 407 g/mol. The Hall–Kier alpha value is -2.67. The number of aryl methyl sites for hydroxylation is 1. The molecule has 5 rings (SSSR count). The average molecular weight is 408 g/mol. The molecule has 2 saturated heterocycles. The van der Waals surface area contributed by atoms with E-state index < -0.39 is 0 Å². The average Bonchev–Trinajstić information content (AvgIpc) is 3.33. The van der Waals surface area contributed by atoms with E-state index in [1.165, 1.54) is 12.8 Å². The standard InChI is InChI=1S/C23H29N5O2/c1-17-5-4-6-18(15-17)22(29)28-10-7-20-19(16-28)21(26-11-13-30-14-12-26)25-23(24-20)27-8-2-3-9-27/h4-6,15H,2-3,7-14,16H2,1H3. The third-order valence-electron chi connectivity index (χ3n) is 6.28. The van der Waals surface area contributed by atoms with Crippen molar-refractivity contribution in [1.82, 2.24) is 14.9 Å². The molecule has 158 valence electrons. The topological polar surface area (TPSA) is 61.8 Å². The lowest BCUT2D eigenvalue weighted by atomic mass is 10.0. The predicted molar refractivity (Wildman–Crippen MR) is 116 cm³/mol. The minimum Gasteiger partial charge on any atom is -0.378 e. The van der Waals surface area contributed by atoms with Crippen LogP contribution in [0.1, 0.15) is 40.0 Å². The number of hydrogen-bond acceptors (Lipinski definition) is 6. The van der Waals surface area contributed by atoms with Gasteiger partial charge >= 0.3 is 0 Å². The Bertz CT molecular complexity index is 935. The van der Waals surface area contributed by atoms with Gasteiger partial charge in [0.1, 0.15) is 5.82 Å². The first-order chi connectivity index (χ1) is 14.7. The molecule has 0 radical (unpaired) electrons. The Kier molecular flexibility index (Phi) is 5.29. The van der Waals surface area contributed by atoms with Crippen LogP contribution in [0.3, 0.4) is 0 Å². The number of aromatic nitrogens is 2. The summed E-state index contributed by atoms with van der Waals surface area (Å²) >= 11 is 0. The van der Waals surface area contributed by atoms with Gasteiger partial charge in [-0.15, -0.1) is 0 Å². The maximum Gasteiger partial charge on any atom is 0.254 e. The van der Waals surface area contributed by atoms with E-state index in [2.05, 4.69) is 9.80 Å². The van der Waals surface area contributed by atoms with Crippen LogP contribution < -0.4 is 9.80 Å². The van der Waals surface area contributed by atoms with Gasteiger partial charge < -0.3 is 19.4 Å². The molecule has 0 saturated carbocycles. The zero-order valence-corrected chi connectivity index (χ0v) is 17.6. The number of carbonyl (C=O) groups excluding carboxylic acids is 1. The molecule has 0 aliphatic carbocycles. The molecular weight excluding hydrogens is 378 g/mol. The molecule has 4 heterocycles. The van der Waals surface area contributed by atoms with Crippen molar-refractivity contribution in [2.24, 2.45) is 0 Å². The Morgan fingerprint density at radius 3 is 2.57 bits per heavy atom. The van der Waals surface area contributed by atoms with Crippen LogP contribution in [-0.2, 0) is 17.7 Å². The number of ether oxygens (including phenoxy) is 1. The normalized spacial score (nSPS) is 19.2. The van der Waals surface area contributed by atoms with Crippen LogP contribution in [0.15, 0.2) is 24.3 Å². The molecule has 2 aromatic rings. The van der Waals surface area contributed by atoms with Crippen LogP contribution >= 0.6 is 0 Å². The van der Waals surface area contributed by atoms with E-state index >= 15 is 0 Å². The highest BCUT2D eigenvalue weighted by molar-refractivity contribution is 5.94. The Labute approximate surface area is 177 Å². The molecule has 7 nitrogen and oxygen atoms in total. The van der Waals surface area contributed by atoms with Gasteiger partial charge in [0, 0.05) is 50.3 Å². The summed E-state index contributed by atoms with van der Waals surface area (Å²) in [4.78, 5) is 29.7. The summed E-state index contributed by atoms with van der Waals surface area (Å²) in [5, 5.41) is 0. The van der Waals surface area contributed by atoms with E-state index in [0.29, 0.717) is 26.3 Å². The molecule has 2 fully saturated rings. The quantitative estimate of drug-likeness (QED) is 0.779. The Morgan fingerprint density at radius 2 is 1.80 bits per heavy atom. The minimum atomic E-state index is 0.0842. The summed E-state index contributed by atoms with van der Waals surface area (Å²) in [6.45, 7) is 8.41. The van der Waals surface area contributed by atoms with Crippen molar-refractivity contribution in [2.45, 2.75) is 32.7 Å². The first kappa shape index (κ1) is 19.3. The molecule has 0 N–H and O–H groups in total. The maximum atomic E-state index is 13.2. The maximum absolute atomic E-state index is 13.2. The van der Waals surface area contributed by atoms with E-state index in [1.807, 2.05) is 36.1 Å². The van der Waals surface area contributed by atoms with Gasteiger partial charge in [0.2, 0.25) is 5.95 Å². The molecule has 0 unspecified atom stereocenters. The molecule has 0 spiro atoms. The number of rotatable bonds is 3. The number of fused-ring (bicyclic) bond motifs is 1. The summed E-state index contributed by atoms with van der Waals surface area (Å²) in [5.74, 6) is 1.93. The van der Waals surface area contributed by atoms with Crippen LogP contribution in [0.2, 0.25) is 0 Å². The van der Waals surface area contributed by atoms with E-state index in [0.717, 1.165) is 66.8 Å². The first-order valence-electron chi connectivity index (χ1n) is 11.0. The molecule has 0 atom stereocenters. The second kappa shape index (κ2) is 8.22. The van der Waals surface area contributed by atoms with Crippen molar-refractivity contribution in [3.05, 3.63) is 46.6 Å². The molecular formula is C23H29N5O2. The van der Waals surface area contributed by atoms with Gasteiger partial charge in [-0.05, 0) is 31.9 Å². The van der Waals surface area contributed by atoms with Gasteiger partial charge in [-0.2, -0.15) is 4.98 Å². The molecule has 1 aromatic heterocycles. The van der Waals surface area contributed by atoms with Crippen LogP contribution in [-0.4, -0.2) is 66.7 Å². The fourth-order valence-electron chi connectivity index (χ4n) is 4.61. The molecule has 1 aromatic carbocycles.